The molecule has 7 nitrogen and oxygen atoms in total. The number of carbonyl (C=O) groups excluding carboxylic acids is 2. The summed E-state index contributed by atoms with van der Waals surface area (Å²) in [6.45, 7) is 1.73. The van der Waals surface area contributed by atoms with E-state index in [-0.39, 0.29) is 12.2 Å². The number of fused-ring (bicyclic) bond motifs is 2. The van der Waals surface area contributed by atoms with Crippen LogP contribution in [0.3, 0.4) is 0 Å². The second kappa shape index (κ2) is 8.35. The summed E-state index contributed by atoms with van der Waals surface area (Å²) in [4.78, 5) is 41.9. The number of hydrogen-bond acceptors (Lipinski definition) is 6. The molecule has 4 aromatic rings. The van der Waals surface area contributed by atoms with Gasteiger partial charge in [0.15, 0.2) is 0 Å². The van der Waals surface area contributed by atoms with Crippen LogP contribution in [0.5, 0.6) is 0 Å². The van der Waals surface area contributed by atoms with Gasteiger partial charge in [-0.15, -0.1) is 0 Å². The van der Waals surface area contributed by atoms with Crippen LogP contribution in [0.25, 0.3) is 5.65 Å². The molecule has 0 radical (unpaired) electrons. The van der Waals surface area contributed by atoms with Gasteiger partial charge in [-0.3, -0.25) is 9.20 Å². The van der Waals surface area contributed by atoms with Crippen LogP contribution in [0.2, 0.25) is 0 Å². The van der Waals surface area contributed by atoms with Crippen LogP contribution in [0.4, 0.5) is 0 Å². The summed E-state index contributed by atoms with van der Waals surface area (Å²) in [6, 6.07) is 19.3. The molecule has 1 aliphatic heterocycles. The van der Waals surface area contributed by atoms with Crippen LogP contribution >= 0.6 is 0 Å². The van der Waals surface area contributed by atoms with Crippen molar-refractivity contribution in [2.75, 3.05) is 0 Å². The molecule has 2 aromatic carbocycles. The van der Waals surface area contributed by atoms with E-state index in [9.17, 15) is 14.4 Å². The van der Waals surface area contributed by atoms with E-state index in [4.69, 9.17) is 9.47 Å². The molecule has 0 spiro atoms. The number of nitrogens with zero attached hydrogens (tertiary/aromatic N) is 2. The summed E-state index contributed by atoms with van der Waals surface area (Å²) in [6.07, 6.45) is 1.71. The highest BCUT2D eigenvalue weighted by Crippen LogP contribution is 2.31. The monoisotopic (exact) mass is 440 g/mol. The van der Waals surface area contributed by atoms with E-state index in [0.29, 0.717) is 28.9 Å². The molecule has 1 aliphatic rings. The van der Waals surface area contributed by atoms with Crippen molar-refractivity contribution >= 4 is 17.6 Å². The molecule has 1 unspecified atom stereocenters. The van der Waals surface area contributed by atoms with Gasteiger partial charge >= 0.3 is 11.9 Å². The first-order valence-electron chi connectivity index (χ1n) is 10.5. The molecular weight excluding hydrogens is 420 g/mol. The molecule has 7 heteroatoms. The van der Waals surface area contributed by atoms with Crippen molar-refractivity contribution in [2.24, 2.45) is 0 Å². The topological polar surface area (TPSA) is 87.0 Å². The Bertz CT molecular complexity index is 1440. The summed E-state index contributed by atoms with van der Waals surface area (Å²) < 4.78 is 12.4. The Balaban J connectivity index is 1.35. The van der Waals surface area contributed by atoms with Gasteiger partial charge in [-0.2, -0.15) is 0 Å². The van der Waals surface area contributed by atoms with Crippen molar-refractivity contribution < 1.29 is 19.1 Å². The highest BCUT2D eigenvalue weighted by molar-refractivity contribution is 5.95. The predicted molar refractivity (Wildman–Crippen MR) is 120 cm³/mol. The molecule has 0 saturated carbocycles. The van der Waals surface area contributed by atoms with Crippen LogP contribution in [0.15, 0.2) is 77.7 Å². The van der Waals surface area contributed by atoms with Crippen molar-refractivity contribution in [3.8, 4) is 0 Å². The van der Waals surface area contributed by atoms with Crippen LogP contribution in [0.1, 0.15) is 49.2 Å². The van der Waals surface area contributed by atoms with E-state index in [1.54, 1.807) is 24.4 Å². The number of carbonyl (C=O) groups is 2. The smallest absolute Gasteiger partial charge is 0.339 e. The lowest BCUT2D eigenvalue weighted by Gasteiger charge is -2.25. The standard InChI is InChI=1S/C26H20N2O5/c1-16-6-5-11-28-23(29)14-20(27-24(16)28)15-32-25(30)18-9-10-21-19(12-18)13-22(33-26(21)31)17-7-3-2-4-8-17/h2-12,14,22H,13,15H2,1H3. The molecule has 0 amide bonds. The Morgan fingerprint density at radius 2 is 1.91 bits per heavy atom. The molecule has 0 saturated heterocycles. The highest BCUT2D eigenvalue weighted by Gasteiger charge is 2.28. The maximum Gasteiger partial charge on any atom is 0.339 e. The van der Waals surface area contributed by atoms with E-state index in [2.05, 4.69) is 4.98 Å². The van der Waals surface area contributed by atoms with Crippen LogP contribution < -0.4 is 5.56 Å². The van der Waals surface area contributed by atoms with Crippen molar-refractivity contribution in [3.05, 3.63) is 117 Å². The number of pyridine rings is 1. The van der Waals surface area contributed by atoms with E-state index in [1.165, 1.54) is 16.5 Å². The normalized spacial score (nSPS) is 15.1. The zero-order valence-corrected chi connectivity index (χ0v) is 17.9. The van der Waals surface area contributed by atoms with Crippen LogP contribution in [-0.2, 0) is 22.5 Å². The SMILES string of the molecule is Cc1cccn2c(=O)cc(COC(=O)c3ccc4c(c3)CC(c3ccccc3)OC4=O)nc12. The number of ether oxygens (including phenoxy) is 2. The molecule has 0 aliphatic carbocycles. The highest BCUT2D eigenvalue weighted by atomic mass is 16.5. The third kappa shape index (κ3) is 4.01. The minimum atomic E-state index is -0.556. The second-order valence-corrected chi connectivity index (χ2v) is 7.93. The van der Waals surface area contributed by atoms with Crippen molar-refractivity contribution in [2.45, 2.75) is 26.1 Å². The van der Waals surface area contributed by atoms with Gasteiger partial charge in [0.05, 0.1) is 16.8 Å². The zero-order valence-electron chi connectivity index (χ0n) is 17.9. The number of hydrogen-bond donors (Lipinski definition) is 0. The predicted octanol–water partition coefficient (Wildman–Crippen LogP) is 3.81. The largest absolute Gasteiger partial charge is 0.456 e. The van der Waals surface area contributed by atoms with Crippen LogP contribution in [0, 0.1) is 6.92 Å². The summed E-state index contributed by atoms with van der Waals surface area (Å²) in [7, 11) is 0. The fourth-order valence-corrected chi connectivity index (χ4v) is 3.98. The molecule has 2 aromatic heterocycles. The third-order valence-corrected chi connectivity index (χ3v) is 5.68. The fourth-order valence-electron chi connectivity index (χ4n) is 3.98. The van der Waals surface area contributed by atoms with Crippen molar-refractivity contribution in [3.63, 3.8) is 0 Å². The summed E-state index contributed by atoms with van der Waals surface area (Å²) in [5, 5.41) is 0. The number of rotatable bonds is 4. The molecule has 0 N–H and O–H groups in total. The van der Waals surface area contributed by atoms with Gasteiger partial charge in [-0.05, 0) is 47.9 Å². The average Bonchev–Trinajstić information content (AvgIpc) is 2.83. The van der Waals surface area contributed by atoms with Gasteiger partial charge in [-0.1, -0.05) is 36.4 Å². The minimum absolute atomic E-state index is 0.134. The van der Waals surface area contributed by atoms with Gasteiger partial charge < -0.3 is 9.47 Å². The third-order valence-electron chi connectivity index (χ3n) is 5.68. The van der Waals surface area contributed by atoms with Crippen molar-refractivity contribution in [1.82, 2.24) is 9.38 Å². The minimum Gasteiger partial charge on any atom is -0.456 e. The average molecular weight is 440 g/mol. The number of benzene rings is 2. The Morgan fingerprint density at radius 3 is 2.73 bits per heavy atom. The summed E-state index contributed by atoms with van der Waals surface area (Å²) in [5.74, 6) is -0.971. The Morgan fingerprint density at radius 1 is 1.09 bits per heavy atom. The second-order valence-electron chi connectivity index (χ2n) is 7.93. The van der Waals surface area contributed by atoms with E-state index in [0.717, 1.165) is 16.7 Å². The zero-order chi connectivity index (χ0) is 22.9. The Labute approximate surface area is 189 Å². The first kappa shape index (κ1) is 20.6. The molecule has 164 valence electrons. The molecular formula is C26H20N2O5. The van der Waals surface area contributed by atoms with Gasteiger partial charge in [-0.25, -0.2) is 14.6 Å². The van der Waals surface area contributed by atoms with E-state index in [1.807, 2.05) is 43.3 Å². The van der Waals surface area contributed by atoms with Crippen molar-refractivity contribution in [1.29, 1.82) is 0 Å². The molecule has 3 heterocycles. The van der Waals surface area contributed by atoms with Gasteiger partial charge in [0, 0.05) is 18.7 Å². The summed E-state index contributed by atoms with van der Waals surface area (Å²) >= 11 is 0. The van der Waals surface area contributed by atoms with Gasteiger partial charge in [0.1, 0.15) is 18.4 Å². The number of aryl methyl sites for hydroxylation is 1. The molecule has 1 atom stereocenters. The van der Waals surface area contributed by atoms with Gasteiger partial charge in [0.25, 0.3) is 5.56 Å². The molecule has 5 rings (SSSR count). The fraction of sp³-hybridized carbons (Fsp3) is 0.154. The van der Waals surface area contributed by atoms with E-state index >= 15 is 0 Å². The van der Waals surface area contributed by atoms with Gasteiger partial charge in [0.2, 0.25) is 0 Å². The molecule has 0 fully saturated rings. The Hall–Kier alpha value is -4.26. The summed E-state index contributed by atoms with van der Waals surface area (Å²) in [5.41, 5.74) is 3.89. The van der Waals surface area contributed by atoms with E-state index < -0.39 is 18.0 Å². The molecule has 33 heavy (non-hydrogen) atoms. The first-order chi connectivity index (χ1) is 16.0. The quantitative estimate of drug-likeness (QED) is 0.449. The lowest BCUT2D eigenvalue weighted by Crippen LogP contribution is -2.22. The Kier molecular flexibility index (Phi) is 5.22. The maximum atomic E-state index is 12.7. The number of esters is 2. The lowest BCUT2D eigenvalue weighted by atomic mass is 9.93. The number of aromatic nitrogens is 2. The molecule has 0 bridgehead atoms. The maximum absolute atomic E-state index is 12.7. The number of cyclic esters (lactones) is 1. The first-order valence-corrected chi connectivity index (χ1v) is 10.5. The van der Waals surface area contributed by atoms with Crippen LogP contribution in [-0.4, -0.2) is 21.3 Å². The lowest BCUT2D eigenvalue weighted by molar-refractivity contribution is 0.0251.